The van der Waals surface area contributed by atoms with Gasteiger partial charge in [0.2, 0.25) is 5.91 Å². The fourth-order valence-electron chi connectivity index (χ4n) is 3.53. The number of aryl methyl sites for hydroxylation is 2. The third-order valence-corrected chi connectivity index (χ3v) is 7.15. The van der Waals surface area contributed by atoms with Gasteiger partial charge in [0.1, 0.15) is 4.83 Å². The zero-order valence-corrected chi connectivity index (χ0v) is 18.9. The summed E-state index contributed by atoms with van der Waals surface area (Å²) in [4.78, 5) is 34.4. The number of rotatable bonds is 6. The lowest BCUT2D eigenvalue weighted by atomic mass is 10.2. The number of fused-ring (bicyclic) bond motifs is 1. The molecule has 2 aromatic heterocycles. The summed E-state index contributed by atoms with van der Waals surface area (Å²) < 4.78 is 7.47. The van der Waals surface area contributed by atoms with Gasteiger partial charge in [-0.3, -0.25) is 14.2 Å². The molecule has 2 aromatic rings. The van der Waals surface area contributed by atoms with Gasteiger partial charge in [0, 0.05) is 24.5 Å². The largest absolute Gasteiger partial charge is 0.372 e. The Morgan fingerprint density at radius 2 is 1.96 bits per heavy atom. The number of aromatic nitrogens is 2. The quantitative estimate of drug-likeness (QED) is 0.525. The van der Waals surface area contributed by atoms with Gasteiger partial charge >= 0.3 is 0 Å². The van der Waals surface area contributed by atoms with Crippen LogP contribution >= 0.6 is 23.1 Å². The minimum atomic E-state index is 0.0175. The third kappa shape index (κ3) is 4.44. The second-order valence-electron chi connectivity index (χ2n) is 7.51. The lowest BCUT2D eigenvalue weighted by Gasteiger charge is -2.35. The Morgan fingerprint density at radius 1 is 1.29 bits per heavy atom. The van der Waals surface area contributed by atoms with Crippen LogP contribution in [0.4, 0.5) is 0 Å². The SMILES string of the molecule is CCCCn1c(SCC(=O)N2CC(C)OC(C)C2)nc2sc(C)c(C)c2c1=O. The van der Waals surface area contributed by atoms with E-state index in [0.29, 0.717) is 24.8 Å². The first kappa shape index (κ1) is 21.3. The minimum Gasteiger partial charge on any atom is -0.372 e. The highest BCUT2D eigenvalue weighted by Crippen LogP contribution is 2.28. The smallest absolute Gasteiger partial charge is 0.263 e. The third-order valence-electron chi connectivity index (χ3n) is 5.09. The molecule has 1 aliphatic heterocycles. The predicted molar refractivity (Wildman–Crippen MR) is 116 cm³/mol. The Balaban J connectivity index is 1.85. The molecule has 0 aliphatic carbocycles. The van der Waals surface area contributed by atoms with Crippen molar-refractivity contribution in [2.75, 3.05) is 18.8 Å². The maximum absolute atomic E-state index is 13.1. The van der Waals surface area contributed by atoms with Crippen LogP contribution in [0, 0.1) is 13.8 Å². The molecule has 0 saturated carbocycles. The van der Waals surface area contributed by atoms with Crippen molar-refractivity contribution in [2.24, 2.45) is 0 Å². The molecule has 2 atom stereocenters. The fourth-order valence-corrected chi connectivity index (χ4v) is 5.53. The Hall–Kier alpha value is -1.38. The van der Waals surface area contributed by atoms with Gasteiger partial charge in [0.15, 0.2) is 5.16 Å². The second-order valence-corrected chi connectivity index (χ2v) is 9.66. The van der Waals surface area contributed by atoms with E-state index in [2.05, 4.69) is 6.92 Å². The van der Waals surface area contributed by atoms with Crippen LogP contribution < -0.4 is 5.56 Å². The van der Waals surface area contributed by atoms with Crippen molar-refractivity contribution in [3.8, 4) is 0 Å². The molecule has 1 saturated heterocycles. The van der Waals surface area contributed by atoms with Crippen molar-refractivity contribution in [2.45, 2.75) is 71.4 Å². The van der Waals surface area contributed by atoms with Gasteiger partial charge in [0.05, 0.1) is 23.3 Å². The Bertz CT molecular complexity index is 912. The van der Waals surface area contributed by atoms with Crippen molar-refractivity contribution >= 4 is 39.2 Å². The molecule has 0 N–H and O–H groups in total. The normalized spacial score (nSPS) is 20.1. The molecule has 1 amide bonds. The minimum absolute atomic E-state index is 0.0175. The predicted octanol–water partition coefficient (Wildman–Crippen LogP) is 3.60. The van der Waals surface area contributed by atoms with Gasteiger partial charge in [0.25, 0.3) is 5.56 Å². The average molecular weight is 424 g/mol. The van der Waals surface area contributed by atoms with E-state index in [1.54, 1.807) is 15.9 Å². The molecule has 6 nitrogen and oxygen atoms in total. The van der Waals surface area contributed by atoms with E-state index in [9.17, 15) is 9.59 Å². The molecule has 1 fully saturated rings. The van der Waals surface area contributed by atoms with E-state index in [1.165, 1.54) is 11.8 Å². The Labute approximate surface area is 174 Å². The summed E-state index contributed by atoms with van der Waals surface area (Å²) in [6.07, 6.45) is 2.01. The highest BCUT2D eigenvalue weighted by Gasteiger charge is 2.26. The van der Waals surface area contributed by atoms with E-state index >= 15 is 0 Å². The monoisotopic (exact) mass is 423 g/mol. The number of ether oxygens (including phenoxy) is 1. The van der Waals surface area contributed by atoms with Crippen molar-refractivity contribution in [3.05, 3.63) is 20.8 Å². The molecule has 2 unspecified atom stereocenters. The fraction of sp³-hybridized carbons (Fsp3) is 0.650. The topological polar surface area (TPSA) is 64.4 Å². The van der Waals surface area contributed by atoms with Gasteiger partial charge < -0.3 is 9.64 Å². The Kier molecular flexibility index (Phi) is 6.83. The summed E-state index contributed by atoms with van der Waals surface area (Å²) in [7, 11) is 0. The summed E-state index contributed by atoms with van der Waals surface area (Å²) in [6.45, 7) is 11.9. The summed E-state index contributed by atoms with van der Waals surface area (Å²) >= 11 is 2.93. The van der Waals surface area contributed by atoms with Crippen LogP contribution in [0.25, 0.3) is 10.2 Å². The van der Waals surface area contributed by atoms with E-state index in [0.717, 1.165) is 33.5 Å². The highest BCUT2D eigenvalue weighted by molar-refractivity contribution is 7.99. The van der Waals surface area contributed by atoms with Crippen LogP contribution in [0.1, 0.15) is 44.1 Å². The van der Waals surface area contributed by atoms with Crippen molar-refractivity contribution in [3.63, 3.8) is 0 Å². The molecule has 0 bridgehead atoms. The maximum atomic E-state index is 13.1. The first-order valence-electron chi connectivity index (χ1n) is 9.88. The van der Waals surface area contributed by atoms with E-state index < -0.39 is 0 Å². The van der Waals surface area contributed by atoms with Crippen LogP contribution in [0.15, 0.2) is 9.95 Å². The number of morpholine rings is 1. The molecule has 0 radical (unpaired) electrons. The van der Waals surface area contributed by atoms with Gasteiger partial charge in [-0.15, -0.1) is 11.3 Å². The van der Waals surface area contributed by atoms with Crippen LogP contribution in [0.2, 0.25) is 0 Å². The van der Waals surface area contributed by atoms with E-state index in [1.807, 2.05) is 32.6 Å². The molecular formula is C20H29N3O3S2. The van der Waals surface area contributed by atoms with Crippen LogP contribution in [0.5, 0.6) is 0 Å². The standard InChI is InChI=1S/C20H29N3O3S2/c1-6-7-8-23-19(25)17-14(4)15(5)28-18(17)21-20(23)27-11-16(24)22-9-12(2)26-13(3)10-22/h12-13H,6-11H2,1-5H3. The second kappa shape index (κ2) is 8.97. The zero-order valence-electron chi connectivity index (χ0n) is 17.3. The average Bonchev–Trinajstić information content (AvgIpc) is 2.92. The number of carbonyl (C=O) groups excluding carboxylic acids is 1. The summed E-state index contributed by atoms with van der Waals surface area (Å²) in [5.41, 5.74) is 1.04. The number of carbonyl (C=O) groups is 1. The van der Waals surface area contributed by atoms with Crippen molar-refractivity contribution < 1.29 is 9.53 Å². The summed E-state index contributed by atoms with van der Waals surface area (Å²) in [5.74, 6) is 0.356. The van der Waals surface area contributed by atoms with Crippen LogP contribution in [-0.4, -0.2) is 51.4 Å². The molecular weight excluding hydrogens is 394 g/mol. The van der Waals surface area contributed by atoms with Crippen LogP contribution in [0.3, 0.4) is 0 Å². The Morgan fingerprint density at radius 3 is 2.61 bits per heavy atom. The molecule has 1 aliphatic rings. The lowest BCUT2D eigenvalue weighted by molar-refractivity contribution is -0.140. The number of thioether (sulfide) groups is 1. The first-order chi connectivity index (χ1) is 13.3. The molecule has 8 heteroatoms. The number of nitrogens with zero attached hydrogens (tertiary/aromatic N) is 3. The maximum Gasteiger partial charge on any atom is 0.263 e. The molecule has 3 rings (SSSR count). The molecule has 0 aromatic carbocycles. The molecule has 154 valence electrons. The number of thiophene rings is 1. The molecule has 28 heavy (non-hydrogen) atoms. The van der Waals surface area contributed by atoms with Crippen LogP contribution in [-0.2, 0) is 16.1 Å². The van der Waals surface area contributed by atoms with Gasteiger partial charge in [-0.25, -0.2) is 4.98 Å². The van der Waals surface area contributed by atoms with Gasteiger partial charge in [-0.05, 0) is 39.7 Å². The van der Waals surface area contributed by atoms with E-state index in [4.69, 9.17) is 9.72 Å². The lowest BCUT2D eigenvalue weighted by Crippen LogP contribution is -2.48. The van der Waals surface area contributed by atoms with Gasteiger partial charge in [-0.1, -0.05) is 25.1 Å². The molecule has 0 spiro atoms. The zero-order chi connectivity index (χ0) is 20.4. The van der Waals surface area contributed by atoms with Crippen molar-refractivity contribution in [1.29, 1.82) is 0 Å². The number of unbranched alkanes of at least 4 members (excludes halogenated alkanes) is 1. The number of hydrogen-bond acceptors (Lipinski definition) is 6. The first-order valence-corrected chi connectivity index (χ1v) is 11.7. The van der Waals surface area contributed by atoms with Crippen molar-refractivity contribution in [1.82, 2.24) is 14.5 Å². The van der Waals surface area contributed by atoms with Gasteiger partial charge in [-0.2, -0.15) is 0 Å². The number of amides is 1. The highest BCUT2D eigenvalue weighted by atomic mass is 32.2. The van der Waals surface area contributed by atoms with E-state index in [-0.39, 0.29) is 29.4 Å². The summed E-state index contributed by atoms with van der Waals surface area (Å²) in [5, 5.41) is 1.38. The molecule has 3 heterocycles. The number of hydrogen-bond donors (Lipinski definition) is 0. The summed E-state index contributed by atoms with van der Waals surface area (Å²) in [6, 6.07) is 0.